The van der Waals surface area contributed by atoms with Gasteiger partial charge in [-0.05, 0) is 39.8 Å². The van der Waals surface area contributed by atoms with Crippen LogP contribution >= 0.6 is 11.6 Å². The Morgan fingerprint density at radius 2 is 2.00 bits per heavy atom. The minimum absolute atomic E-state index is 0.0310. The number of halogens is 2. The van der Waals surface area contributed by atoms with Gasteiger partial charge in [-0.3, -0.25) is 4.79 Å². The van der Waals surface area contributed by atoms with E-state index in [2.05, 4.69) is 10.6 Å². The van der Waals surface area contributed by atoms with E-state index in [1.165, 1.54) is 6.07 Å². The van der Waals surface area contributed by atoms with Gasteiger partial charge in [0.25, 0.3) is 0 Å². The SMILES string of the molecule is CC(Nc1cccc(Cl)c1F)C(=O)NC(C)(C)C. The minimum atomic E-state index is -0.547. The molecule has 1 unspecified atom stereocenters. The molecule has 1 atom stereocenters. The number of nitrogens with one attached hydrogen (secondary N) is 2. The molecule has 0 aliphatic carbocycles. The fraction of sp³-hybridized carbons (Fsp3) is 0.462. The first-order valence-electron chi connectivity index (χ1n) is 5.73. The Labute approximate surface area is 112 Å². The van der Waals surface area contributed by atoms with Crippen LogP contribution in [0.2, 0.25) is 5.02 Å². The molecule has 0 saturated carbocycles. The van der Waals surface area contributed by atoms with Crippen molar-refractivity contribution < 1.29 is 9.18 Å². The van der Waals surface area contributed by atoms with Crippen LogP contribution in [0.3, 0.4) is 0 Å². The lowest BCUT2D eigenvalue weighted by Gasteiger charge is -2.24. The van der Waals surface area contributed by atoms with Crippen LogP contribution in [0.1, 0.15) is 27.7 Å². The van der Waals surface area contributed by atoms with Crippen LogP contribution in [0.25, 0.3) is 0 Å². The molecule has 0 aromatic heterocycles. The summed E-state index contributed by atoms with van der Waals surface area (Å²) in [5, 5.41) is 5.65. The summed E-state index contributed by atoms with van der Waals surface area (Å²) in [6, 6.07) is 4.09. The van der Waals surface area contributed by atoms with Crippen molar-refractivity contribution in [2.45, 2.75) is 39.3 Å². The fourth-order valence-electron chi connectivity index (χ4n) is 1.39. The van der Waals surface area contributed by atoms with Gasteiger partial charge in [0.1, 0.15) is 6.04 Å². The average molecular weight is 273 g/mol. The zero-order chi connectivity index (χ0) is 13.9. The first-order chi connectivity index (χ1) is 8.20. The smallest absolute Gasteiger partial charge is 0.242 e. The third kappa shape index (κ3) is 4.18. The van der Waals surface area contributed by atoms with Crippen LogP contribution in [-0.2, 0) is 4.79 Å². The number of amides is 1. The second-order valence-corrected chi connectivity index (χ2v) is 5.61. The van der Waals surface area contributed by atoms with Crippen molar-refractivity contribution >= 4 is 23.2 Å². The van der Waals surface area contributed by atoms with E-state index in [1.807, 2.05) is 20.8 Å². The van der Waals surface area contributed by atoms with E-state index >= 15 is 0 Å². The Morgan fingerprint density at radius 1 is 1.39 bits per heavy atom. The van der Waals surface area contributed by atoms with Gasteiger partial charge in [-0.2, -0.15) is 0 Å². The van der Waals surface area contributed by atoms with E-state index in [4.69, 9.17) is 11.6 Å². The summed E-state index contributed by atoms with van der Waals surface area (Å²) in [6.45, 7) is 7.33. The Bertz CT molecular complexity index is 443. The number of anilines is 1. The summed E-state index contributed by atoms with van der Waals surface area (Å²) in [6.07, 6.45) is 0. The number of carbonyl (C=O) groups is 1. The van der Waals surface area contributed by atoms with E-state index in [-0.39, 0.29) is 22.2 Å². The highest BCUT2D eigenvalue weighted by atomic mass is 35.5. The lowest BCUT2D eigenvalue weighted by molar-refractivity contribution is -0.122. The van der Waals surface area contributed by atoms with Crippen LogP contribution in [0.4, 0.5) is 10.1 Å². The molecule has 2 N–H and O–H groups in total. The van der Waals surface area contributed by atoms with Gasteiger partial charge >= 0.3 is 0 Å². The van der Waals surface area contributed by atoms with Gasteiger partial charge in [-0.1, -0.05) is 17.7 Å². The van der Waals surface area contributed by atoms with Gasteiger partial charge in [0, 0.05) is 5.54 Å². The number of benzene rings is 1. The third-order valence-electron chi connectivity index (χ3n) is 2.22. The molecule has 0 fully saturated rings. The molecule has 100 valence electrons. The first kappa shape index (κ1) is 14.8. The van der Waals surface area contributed by atoms with Crippen molar-refractivity contribution in [1.29, 1.82) is 0 Å². The van der Waals surface area contributed by atoms with E-state index in [0.717, 1.165) is 0 Å². The molecule has 0 aliphatic rings. The van der Waals surface area contributed by atoms with Crippen LogP contribution in [0, 0.1) is 5.82 Å². The van der Waals surface area contributed by atoms with Crippen molar-refractivity contribution in [2.75, 3.05) is 5.32 Å². The van der Waals surface area contributed by atoms with Crippen molar-refractivity contribution in [2.24, 2.45) is 0 Å². The maximum atomic E-state index is 13.6. The topological polar surface area (TPSA) is 41.1 Å². The highest BCUT2D eigenvalue weighted by molar-refractivity contribution is 6.31. The maximum absolute atomic E-state index is 13.6. The summed E-state index contributed by atoms with van der Waals surface area (Å²) < 4.78 is 13.6. The van der Waals surface area contributed by atoms with Crippen LogP contribution in [0.5, 0.6) is 0 Å². The second kappa shape index (κ2) is 5.57. The number of hydrogen-bond donors (Lipinski definition) is 2. The molecular weight excluding hydrogens is 255 g/mol. The predicted molar refractivity (Wildman–Crippen MR) is 72.4 cm³/mol. The molecule has 3 nitrogen and oxygen atoms in total. The lowest BCUT2D eigenvalue weighted by atomic mass is 10.1. The first-order valence-corrected chi connectivity index (χ1v) is 6.11. The highest BCUT2D eigenvalue weighted by Gasteiger charge is 2.20. The Kier molecular flexibility index (Phi) is 4.57. The van der Waals surface area contributed by atoms with E-state index in [9.17, 15) is 9.18 Å². The molecule has 1 rings (SSSR count). The number of carbonyl (C=O) groups excluding carboxylic acids is 1. The van der Waals surface area contributed by atoms with Crippen molar-refractivity contribution in [1.82, 2.24) is 5.32 Å². The normalized spacial score (nSPS) is 13.0. The van der Waals surface area contributed by atoms with E-state index < -0.39 is 11.9 Å². The molecular formula is C13H18ClFN2O. The minimum Gasteiger partial charge on any atom is -0.371 e. The second-order valence-electron chi connectivity index (χ2n) is 5.21. The van der Waals surface area contributed by atoms with Crippen molar-refractivity contribution in [3.05, 3.63) is 29.0 Å². The van der Waals surface area contributed by atoms with Gasteiger partial charge in [0.05, 0.1) is 10.7 Å². The highest BCUT2D eigenvalue weighted by Crippen LogP contribution is 2.22. The fourth-order valence-corrected chi connectivity index (χ4v) is 1.57. The summed E-state index contributed by atoms with van der Waals surface area (Å²) in [7, 11) is 0. The van der Waals surface area contributed by atoms with Crippen molar-refractivity contribution in [3.8, 4) is 0 Å². The molecule has 0 heterocycles. The molecule has 18 heavy (non-hydrogen) atoms. The van der Waals surface area contributed by atoms with Gasteiger partial charge in [0.15, 0.2) is 5.82 Å². The third-order valence-corrected chi connectivity index (χ3v) is 2.51. The number of hydrogen-bond acceptors (Lipinski definition) is 2. The van der Waals surface area contributed by atoms with E-state index in [0.29, 0.717) is 0 Å². The Hall–Kier alpha value is -1.29. The van der Waals surface area contributed by atoms with Gasteiger partial charge in [0.2, 0.25) is 5.91 Å². The van der Waals surface area contributed by atoms with E-state index in [1.54, 1.807) is 19.1 Å². The summed E-state index contributed by atoms with van der Waals surface area (Å²) in [5.74, 6) is -0.739. The standard InChI is InChI=1S/C13H18ClFN2O/c1-8(12(18)17-13(2,3)4)16-10-7-5-6-9(14)11(10)15/h5-8,16H,1-4H3,(H,17,18). The zero-order valence-corrected chi connectivity index (χ0v) is 11.7. The monoisotopic (exact) mass is 272 g/mol. The molecule has 0 radical (unpaired) electrons. The Balaban J connectivity index is 2.73. The largest absolute Gasteiger partial charge is 0.371 e. The summed E-state index contributed by atoms with van der Waals surface area (Å²) in [4.78, 5) is 11.8. The zero-order valence-electron chi connectivity index (χ0n) is 11.0. The average Bonchev–Trinajstić information content (AvgIpc) is 2.22. The molecule has 0 spiro atoms. The lowest BCUT2D eigenvalue weighted by Crippen LogP contribution is -2.47. The molecule has 0 saturated heterocycles. The molecule has 0 aliphatic heterocycles. The Morgan fingerprint density at radius 3 is 2.56 bits per heavy atom. The summed E-state index contributed by atoms with van der Waals surface area (Å²) in [5.41, 5.74) is -0.0982. The van der Waals surface area contributed by atoms with Gasteiger partial charge in [-0.15, -0.1) is 0 Å². The quantitative estimate of drug-likeness (QED) is 0.887. The molecule has 1 amide bonds. The van der Waals surface area contributed by atoms with Gasteiger partial charge in [-0.25, -0.2) is 4.39 Å². The van der Waals surface area contributed by atoms with Gasteiger partial charge < -0.3 is 10.6 Å². The molecule has 1 aromatic rings. The maximum Gasteiger partial charge on any atom is 0.242 e. The van der Waals surface area contributed by atoms with Crippen molar-refractivity contribution in [3.63, 3.8) is 0 Å². The van der Waals surface area contributed by atoms with Crippen LogP contribution < -0.4 is 10.6 Å². The summed E-state index contributed by atoms with van der Waals surface area (Å²) >= 11 is 5.67. The van der Waals surface area contributed by atoms with Crippen LogP contribution in [-0.4, -0.2) is 17.5 Å². The predicted octanol–water partition coefficient (Wildman–Crippen LogP) is 3.19. The van der Waals surface area contributed by atoms with Crippen LogP contribution in [0.15, 0.2) is 18.2 Å². The molecule has 1 aromatic carbocycles. The molecule has 0 bridgehead atoms. The molecule has 5 heteroatoms. The number of rotatable bonds is 3.